The number of carbonyl (C=O) groups excluding carboxylic acids is 1. The molecule has 1 aliphatic rings. The van der Waals surface area contributed by atoms with E-state index >= 15 is 0 Å². The molecule has 0 saturated carbocycles. The first kappa shape index (κ1) is 17.9. The molecule has 2 aromatic carbocycles. The molecule has 0 fully saturated rings. The molecule has 26 heavy (non-hydrogen) atoms. The largest absolute Gasteiger partial charge is 0.493 e. The first-order valence-electron chi connectivity index (χ1n) is 7.33. The number of esters is 1. The molecule has 2 aromatic rings. The van der Waals surface area contributed by atoms with Crippen molar-refractivity contribution >= 4 is 29.5 Å². The summed E-state index contributed by atoms with van der Waals surface area (Å²) in [5.41, 5.74) is 0.451. The quantitative estimate of drug-likeness (QED) is 0.458. The van der Waals surface area contributed by atoms with Crippen molar-refractivity contribution in [3.8, 4) is 11.5 Å². The zero-order chi connectivity index (χ0) is 18.8. The predicted molar refractivity (Wildman–Crippen MR) is 91.5 cm³/mol. The van der Waals surface area contributed by atoms with Crippen LogP contribution in [0, 0.1) is 11.6 Å². The topological polar surface area (TPSA) is 57.1 Å². The fourth-order valence-corrected chi connectivity index (χ4v) is 2.61. The summed E-state index contributed by atoms with van der Waals surface area (Å²) in [6, 6.07) is 6.71. The first-order valence-corrected chi connectivity index (χ1v) is 7.71. The Labute approximate surface area is 152 Å². The van der Waals surface area contributed by atoms with Gasteiger partial charge in [0.25, 0.3) is 0 Å². The van der Waals surface area contributed by atoms with Gasteiger partial charge in [-0.25, -0.2) is 18.6 Å². The highest BCUT2D eigenvalue weighted by Crippen LogP contribution is 2.33. The number of cyclic esters (lactones) is 1. The van der Waals surface area contributed by atoms with Gasteiger partial charge in [-0.05, 0) is 24.3 Å². The molecule has 0 unspecified atom stereocenters. The Kier molecular flexibility index (Phi) is 4.90. The number of hydrogen-bond acceptors (Lipinski definition) is 5. The van der Waals surface area contributed by atoms with E-state index in [2.05, 4.69) is 4.99 Å². The Hall–Kier alpha value is -2.93. The van der Waals surface area contributed by atoms with Crippen molar-refractivity contribution in [2.24, 2.45) is 4.99 Å². The Morgan fingerprint density at radius 1 is 1.15 bits per heavy atom. The number of para-hydroxylation sites is 1. The molecule has 3 rings (SSSR count). The zero-order valence-electron chi connectivity index (χ0n) is 13.7. The lowest BCUT2D eigenvalue weighted by atomic mass is 10.1. The molecule has 1 aliphatic heterocycles. The molecular weight excluding hydrogens is 368 g/mol. The second-order valence-corrected chi connectivity index (χ2v) is 5.57. The van der Waals surface area contributed by atoms with Gasteiger partial charge in [0.15, 0.2) is 28.8 Å². The minimum absolute atomic E-state index is 0.0278. The van der Waals surface area contributed by atoms with E-state index in [0.29, 0.717) is 17.1 Å². The second kappa shape index (κ2) is 7.13. The van der Waals surface area contributed by atoms with Crippen LogP contribution >= 0.6 is 11.6 Å². The van der Waals surface area contributed by atoms with Gasteiger partial charge in [0.05, 0.1) is 24.8 Å². The molecule has 134 valence electrons. The normalized spacial score (nSPS) is 15.0. The second-order valence-electron chi connectivity index (χ2n) is 5.16. The van der Waals surface area contributed by atoms with Crippen LogP contribution in [0.1, 0.15) is 11.1 Å². The van der Waals surface area contributed by atoms with E-state index in [1.54, 1.807) is 18.2 Å². The maximum absolute atomic E-state index is 13.5. The van der Waals surface area contributed by atoms with Crippen LogP contribution in [0.25, 0.3) is 6.08 Å². The van der Waals surface area contributed by atoms with Gasteiger partial charge in [0.2, 0.25) is 5.90 Å². The van der Waals surface area contributed by atoms with E-state index in [4.69, 9.17) is 25.8 Å². The Bertz CT molecular complexity index is 956. The van der Waals surface area contributed by atoms with Crippen molar-refractivity contribution in [1.29, 1.82) is 0 Å². The summed E-state index contributed by atoms with van der Waals surface area (Å²) in [7, 11) is 2.95. The van der Waals surface area contributed by atoms with Gasteiger partial charge in [-0.3, -0.25) is 0 Å². The molecule has 0 saturated heterocycles. The molecule has 0 aliphatic carbocycles. The summed E-state index contributed by atoms with van der Waals surface area (Å²) in [5, 5.41) is -0.129. The van der Waals surface area contributed by atoms with Gasteiger partial charge in [-0.2, -0.15) is 0 Å². The number of aliphatic imine (C=N–C) groups is 1. The number of methoxy groups -OCH3 is 2. The molecule has 5 nitrogen and oxygen atoms in total. The fourth-order valence-electron chi connectivity index (χ4n) is 2.38. The molecular formula is C18H12ClF2NO4. The van der Waals surface area contributed by atoms with Gasteiger partial charge in [0, 0.05) is 5.56 Å². The summed E-state index contributed by atoms with van der Waals surface area (Å²) >= 11 is 5.89. The smallest absolute Gasteiger partial charge is 0.363 e. The van der Waals surface area contributed by atoms with Gasteiger partial charge in [-0.1, -0.05) is 23.7 Å². The summed E-state index contributed by atoms with van der Waals surface area (Å²) in [5.74, 6) is -2.33. The Balaban J connectivity index is 2.04. The van der Waals surface area contributed by atoms with Gasteiger partial charge >= 0.3 is 5.97 Å². The van der Waals surface area contributed by atoms with E-state index in [-0.39, 0.29) is 22.2 Å². The van der Waals surface area contributed by atoms with Crippen LogP contribution in [0.3, 0.4) is 0 Å². The molecule has 0 aromatic heterocycles. The van der Waals surface area contributed by atoms with E-state index in [0.717, 1.165) is 12.1 Å². The molecule has 1 heterocycles. The highest BCUT2D eigenvalue weighted by molar-refractivity contribution is 6.34. The van der Waals surface area contributed by atoms with Gasteiger partial charge < -0.3 is 14.2 Å². The highest BCUT2D eigenvalue weighted by atomic mass is 35.5. The van der Waals surface area contributed by atoms with Crippen LogP contribution in [-0.4, -0.2) is 26.1 Å². The van der Waals surface area contributed by atoms with E-state index in [1.165, 1.54) is 20.3 Å². The van der Waals surface area contributed by atoms with Crippen molar-refractivity contribution in [1.82, 2.24) is 0 Å². The van der Waals surface area contributed by atoms with Crippen LogP contribution < -0.4 is 9.47 Å². The van der Waals surface area contributed by atoms with Gasteiger partial charge in [-0.15, -0.1) is 0 Å². The average Bonchev–Trinajstić information content (AvgIpc) is 2.98. The van der Waals surface area contributed by atoms with Crippen LogP contribution in [0.5, 0.6) is 11.5 Å². The Morgan fingerprint density at radius 2 is 1.88 bits per heavy atom. The zero-order valence-corrected chi connectivity index (χ0v) is 14.4. The van der Waals surface area contributed by atoms with Crippen LogP contribution in [0.15, 0.2) is 41.0 Å². The fraction of sp³-hybridized carbons (Fsp3) is 0.111. The molecule has 0 amide bonds. The van der Waals surface area contributed by atoms with E-state index in [9.17, 15) is 13.6 Å². The predicted octanol–water partition coefficient (Wildman–Crippen LogP) is 3.98. The van der Waals surface area contributed by atoms with Crippen LogP contribution in [-0.2, 0) is 9.53 Å². The molecule has 8 heteroatoms. The van der Waals surface area contributed by atoms with Crippen molar-refractivity contribution in [3.63, 3.8) is 0 Å². The third-order valence-corrected chi connectivity index (χ3v) is 3.90. The maximum Gasteiger partial charge on any atom is 0.363 e. The summed E-state index contributed by atoms with van der Waals surface area (Å²) in [6.45, 7) is 0. The molecule has 0 N–H and O–H groups in total. The lowest BCUT2D eigenvalue weighted by Gasteiger charge is -2.09. The number of hydrogen-bond donors (Lipinski definition) is 0. The summed E-state index contributed by atoms with van der Waals surface area (Å²) < 4.78 is 42.2. The lowest BCUT2D eigenvalue weighted by Crippen LogP contribution is -2.07. The van der Waals surface area contributed by atoms with E-state index < -0.39 is 17.6 Å². The number of halogens is 3. The highest BCUT2D eigenvalue weighted by Gasteiger charge is 2.27. The van der Waals surface area contributed by atoms with E-state index in [1.807, 2.05) is 0 Å². The molecule has 0 bridgehead atoms. The van der Waals surface area contributed by atoms with Gasteiger partial charge in [0.1, 0.15) is 0 Å². The third-order valence-electron chi connectivity index (χ3n) is 3.59. The van der Waals surface area contributed by atoms with Crippen LogP contribution in [0.4, 0.5) is 8.78 Å². The molecule has 0 radical (unpaired) electrons. The molecule has 0 spiro atoms. The number of rotatable bonds is 4. The van der Waals surface area contributed by atoms with Crippen molar-refractivity contribution in [3.05, 3.63) is 63.8 Å². The van der Waals surface area contributed by atoms with Crippen molar-refractivity contribution < 1.29 is 27.8 Å². The number of carbonyl (C=O) groups is 1. The van der Waals surface area contributed by atoms with Crippen molar-refractivity contribution in [2.75, 3.05) is 14.2 Å². The summed E-state index contributed by atoms with van der Waals surface area (Å²) in [6.07, 6.45) is 1.43. The minimum atomic E-state index is -1.13. The maximum atomic E-state index is 13.5. The molecule has 0 atom stereocenters. The first-order chi connectivity index (χ1) is 12.4. The SMILES string of the molecule is COc1cccc(C=C2N=C(c3cc(F)c(F)cc3Cl)OC2=O)c1OC. The Morgan fingerprint density at radius 3 is 2.58 bits per heavy atom. The number of nitrogens with zero attached hydrogens (tertiary/aromatic N) is 1. The monoisotopic (exact) mass is 379 g/mol. The van der Waals surface area contributed by atoms with Crippen LogP contribution in [0.2, 0.25) is 5.02 Å². The lowest BCUT2D eigenvalue weighted by molar-refractivity contribution is -0.129. The number of ether oxygens (including phenoxy) is 3. The standard InChI is InChI=1S/C18H12ClF2NO4/c1-24-15-5-3-4-9(16(15)25-2)6-14-18(23)26-17(22-14)10-7-12(20)13(21)8-11(10)19/h3-8H,1-2H3. The number of benzene rings is 2. The minimum Gasteiger partial charge on any atom is -0.493 e. The third kappa shape index (κ3) is 3.25. The van der Waals surface area contributed by atoms with Crippen molar-refractivity contribution in [2.45, 2.75) is 0 Å². The summed E-state index contributed by atoms with van der Waals surface area (Å²) in [4.78, 5) is 16.1. The average molecular weight is 380 g/mol.